The summed E-state index contributed by atoms with van der Waals surface area (Å²) < 4.78 is 17.5. The van der Waals surface area contributed by atoms with Gasteiger partial charge < -0.3 is 9.88 Å². The number of carbonyl (C=O) groups excluding carboxylic acids is 1. The maximum absolute atomic E-state index is 14.0. The molecule has 2 heterocycles. The number of rotatable bonds is 5. The molecule has 1 amide bonds. The van der Waals surface area contributed by atoms with Crippen LogP contribution in [0, 0.1) is 19.7 Å². The van der Waals surface area contributed by atoms with E-state index in [1.807, 2.05) is 31.2 Å². The number of hydrogen-bond donors (Lipinski definition) is 1. The number of nitrogens with zero attached hydrogens (tertiary/aromatic N) is 4. The zero-order valence-electron chi connectivity index (χ0n) is 15.7. The monoisotopic (exact) mass is 377 g/mol. The number of aromatic nitrogens is 4. The van der Waals surface area contributed by atoms with Crippen LogP contribution in [0.4, 0.5) is 4.39 Å². The topological polar surface area (TPSA) is 64.7 Å². The summed E-state index contributed by atoms with van der Waals surface area (Å²) in [7, 11) is 0. The number of nitrogens with one attached hydrogen (secondary N) is 1. The number of amides is 1. The number of imidazole rings is 1. The molecule has 28 heavy (non-hydrogen) atoms. The average molecular weight is 377 g/mol. The molecule has 0 aliphatic heterocycles. The quantitative estimate of drug-likeness (QED) is 0.580. The highest BCUT2D eigenvalue weighted by Gasteiger charge is 2.16. The van der Waals surface area contributed by atoms with Gasteiger partial charge in [-0.1, -0.05) is 24.3 Å². The summed E-state index contributed by atoms with van der Waals surface area (Å²) >= 11 is 0. The molecule has 0 radical (unpaired) electrons. The van der Waals surface area contributed by atoms with Gasteiger partial charge in [-0.2, -0.15) is 5.10 Å². The van der Waals surface area contributed by atoms with Gasteiger partial charge in [0, 0.05) is 13.1 Å². The van der Waals surface area contributed by atoms with Crippen LogP contribution in [0.15, 0.2) is 54.7 Å². The van der Waals surface area contributed by atoms with E-state index in [4.69, 9.17) is 0 Å². The molecule has 2 aromatic carbocycles. The smallest absolute Gasteiger partial charge is 0.254 e. The minimum absolute atomic E-state index is 0.234. The molecule has 1 N–H and O–H groups in total. The third-order valence-electron chi connectivity index (χ3n) is 4.80. The first-order valence-corrected chi connectivity index (χ1v) is 9.06. The van der Waals surface area contributed by atoms with Gasteiger partial charge >= 0.3 is 0 Å². The Morgan fingerprint density at radius 3 is 2.68 bits per heavy atom. The van der Waals surface area contributed by atoms with Crippen LogP contribution >= 0.6 is 0 Å². The van der Waals surface area contributed by atoms with Crippen LogP contribution in [0.2, 0.25) is 0 Å². The normalized spacial score (nSPS) is 11.1. The number of hydrogen-bond acceptors (Lipinski definition) is 3. The fourth-order valence-corrected chi connectivity index (χ4v) is 3.35. The highest BCUT2D eigenvalue weighted by molar-refractivity contribution is 5.95. The molecule has 0 aliphatic rings. The largest absolute Gasteiger partial charge is 0.350 e. The molecule has 7 heteroatoms. The van der Waals surface area contributed by atoms with E-state index >= 15 is 0 Å². The predicted molar refractivity (Wildman–Crippen MR) is 105 cm³/mol. The molecule has 0 saturated heterocycles. The number of halogens is 1. The highest BCUT2D eigenvalue weighted by Crippen LogP contribution is 2.17. The van der Waals surface area contributed by atoms with Gasteiger partial charge in [0.05, 0.1) is 28.5 Å². The Hall–Kier alpha value is -3.48. The van der Waals surface area contributed by atoms with Gasteiger partial charge in [0.25, 0.3) is 5.91 Å². The van der Waals surface area contributed by atoms with Crippen molar-refractivity contribution in [1.82, 2.24) is 24.6 Å². The molecule has 0 atom stereocenters. The summed E-state index contributed by atoms with van der Waals surface area (Å²) in [5, 5.41) is 7.10. The minimum atomic E-state index is -0.386. The Balaban J connectivity index is 1.48. The van der Waals surface area contributed by atoms with Gasteiger partial charge in [0.1, 0.15) is 17.3 Å². The van der Waals surface area contributed by atoms with Crippen LogP contribution in [0.5, 0.6) is 0 Å². The molecule has 2 aromatic heterocycles. The number of benzene rings is 2. The lowest BCUT2D eigenvalue weighted by Gasteiger charge is -2.09. The average Bonchev–Trinajstić information content (AvgIpc) is 3.22. The summed E-state index contributed by atoms with van der Waals surface area (Å²) in [5.74, 6) is 0.282. The van der Waals surface area contributed by atoms with Gasteiger partial charge in [-0.05, 0) is 38.1 Å². The van der Waals surface area contributed by atoms with Crippen molar-refractivity contribution in [2.75, 3.05) is 6.54 Å². The van der Waals surface area contributed by atoms with Crippen molar-refractivity contribution in [3.63, 3.8) is 0 Å². The minimum Gasteiger partial charge on any atom is -0.350 e. The van der Waals surface area contributed by atoms with Crippen molar-refractivity contribution in [2.45, 2.75) is 20.4 Å². The van der Waals surface area contributed by atoms with Gasteiger partial charge in [0.2, 0.25) is 0 Å². The van der Waals surface area contributed by atoms with Crippen molar-refractivity contribution in [1.29, 1.82) is 0 Å². The first-order valence-electron chi connectivity index (χ1n) is 9.06. The molecule has 4 rings (SSSR count). The molecule has 6 nitrogen and oxygen atoms in total. The molecule has 4 aromatic rings. The third-order valence-corrected chi connectivity index (χ3v) is 4.80. The van der Waals surface area contributed by atoms with E-state index in [2.05, 4.69) is 20.0 Å². The Morgan fingerprint density at radius 1 is 1.11 bits per heavy atom. The Morgan fingerprint density at radius 2 is 1.86 bits per heavy atom. The molecule has 142 valence electrons. The van der Waals surface area contributed by atoms with E-state index in [1.165, 1.54) is 16.9 Å². The van der Waals surface area contributed by atoms with Gasteiger partial charge in [-0.25, -0.2) is 14.1 Å². The zero-order valence-corrected chi connectivity index (χ0v) is 15.7. The van der Waals surface area contributed by atoms with E-state index in [0.717, 1.165) is 16.9 Å². The van der Waals surface area contributed by atoms with Crippen molar-refractivity contribution < 1.29 is 9.18 Å². The molecule has 0 aliphatic carbocycles. The van der Waals surface area contributed by atoms with Crippen molar-refractivity contribution in [3.8, 4) is 5.69 Å². The molecule has 0 bridgehead atoms. The van der Waals surface area contributed by atoms with Gasteiger partial charge in [0.15, 0.2) is 0 Å². The Labute approximate surface area is 161 Å². The SMILES string of the molecule is Cc1c(C(=O)NCCn2c(C)nc3ccccc32)cnn1-c1ccccc1F. The number of fused-ring (bicyclic) bond motifs is 1. The third kappa shape index (κ3) is 3.15. The van der Waals surface area contributed by atoms with Crippen molar-refractivity contribution in [3.05, 3.63) is 77.6 Å². The first-order chi connectivity index (χ1) is 13.6. The number of aryl methyl sites for hydroxylation is 1. The summed E-state index contributed by atoms with van der Waals surface area (Å²) in [6.45, 7) is 4.76. The molecule has 0 spiro atoms. The number of carbonyl (C=O) groups is 1. The van der Waals surface area contributed by atoms with Crippen LogP contribution in [-0.4, -0.2) is 31.8 Å². The van der Waals surface area contributed by atoms with E-state index in [0.29, 0.717) is 30.0 Å². The predicted octanol–water partition coefficient (Wildman–Crippen LogP) is 3.41. The maximum atomic E-state index is 14.0. The summed E-state index contributed by atoms with van der Waals surface area (Å²) in [4.78, 5) is 17.1. The highest BCUT2D eigenvalue weighted by atomic mass is 19.1. The summed E-state index contributed by atoms with van der Waals surface area (Å²) in [6.07, 6.45) is 1.47. The first kappa shape index (κ1) is 17.9. The summed E-state index contributed by atoms with van der Waals surface area (Å²) in [6, 6.07) is 14.3. The van der Waals surface area contributed by atoms with Gasteiger partial charge in [-0.15, -0.1) is 0 Å². The lowest BCUT2D eigenvalue weighted by molar-refractivity contribution is 0.0951. The van der Waals surface area contributed by atoms with Gasteiger partial charge in [-0.3, -0.25) is 4.79 Å². The molecule has 0 fully saturated rings. The van der Waals surface area contributed by atoms with Crippen molar-refractivity contribution in [2.24, 2.45) is 0 Å². The van der Waals surface area contributed by atoms with Crippen LogP contribution in [-0.2, 0) is 6.54 Å². The Kier molecular flexibility index (Phi) is 4.65. The lowest BCUT2D eigenvalue weighted by Crippen LogP contribution is -2.27. The standard InChI is InChI=1S/C21H20FN5O/c1-14-16(13-24-27(14)19-9-5-3-7-17(19)22)21(28)23-11-12-26-15(2)25-18-8-4-6-10-20(18)26/h3-10,13H,11-12H2,1-2H3,(H,23,28). The lowest BCUT2D eigenvalue weighted by atomic mass is 10.2. The van der Waals surface area contributed by atoms with E-state index in [9.17, 15) is 9.18 Å². The zero-order chi connectivity index (χ0) is 19.7. The fraction of sp³-hybridized carbons (Fsp3) is 0.190. The van der Waals surface area contributed by atoms with E-state index < -0.39 is 0 Å². The fourth-order valence-electron chi connectivity index (χ4n) is 3.35. The summed E-state index contributed by atoms with van der Waals surface area (Å²) in [5.41, 5.74) is 3.31. The number of para-hydroxylation sites is 3. The van der Waals surface area contributed by atoms with Crippen LogP contribution in [0.25, 0.3) is 16.7 Å². The molecule has 0 unspecified atom stereocenters. The van der Waals surface area contributed by atoms with Crippen LogP contribution in [0.3, 0.4) is 0 Å². The Bertz CT molecular complexity index is 1160. The maximum Gasteiger partial charge on any atom is 0.254 e. The van der Waals surface area contributed by atoms with E-state index in [1.54, 1.807) is 25.1 Å². The molecule has 0 saturated carbocycles. The van der Waals surface area contributed by atoms with E-state index in [-0.39, 0.29) is 11.7 Å². The second kappa shape index (κ2) is 7.26. The second-order valence-corrected chi connectivity index (χ2v) is 6.56. The van der Waals surface area contributed by atoms with Crippen LogP contribution in [0.1, 0.15) is 21.9 Å². The molecular formula is C21H20FN5O. The molecular weight excluding hydrogens is 357 g/mol. The van der Waals surface area contributed by atoms with Crippen molar-refractivity contribution >= 4 is 16.9 Å². The second-order valence-electron chi connectivity index (χ2n) is 6.56. The van der Waals surface area contributed by atoms with Crippen LogP contribution < -0.4 is 5.32 Å².